The fraction of sp³-hybridized carbons (Fsp3) is 0.333. The fourth-order valence-electron chi connectivity index (χ4n) is 4.14. The maximum Gasteiger partial charge on any atom is 0.417 e. The Balaban J connectivity index is 1.53. The molecule has 5 rings (SSSR count). The van der Waals surface area contributed by atoms with Crippen molar-refractivity contribution >= 4 is 28.8 Å². The highest BCUT2D eigenvalue weighted by molar-refractivity contribution is 7.07. The molecule has 1 aromatic carbocycles. The molecule has 0 saturated carbocycles. The number of alkyl halides is 3. The lowest BCUT2D eigenvalue weighted by molar-refractivity contribution is -0.137. The van der Waals surface area contributed by atoms with Crippen molar-refractivity contribution in [1.29, 1.82) is 0 Å². The molecular formula is C18H13ClF3N5OS. The van der Waals surface area contributed by atoms with Gasteiger partial charge in [-0.2, -0.15) is 13.2 Å². The molecule has 0 N–H and O–H groups in total. The Morgan fingerprint density at radius 1 is 1.24 bits per heavy atom. The van der Waals surface area contributed by atoms with Gasteiger partial charge in [0.2, 0.25) is 0 Å². The fourth-order valence-corrected chi connectivity index (χ4v) is 4.99. The van der Waals surface area contributed by atoms with Crippen molar-refractivity contribution < 1.29 is 18.0 Å². The lowest BCUT2D eigenvalue weighted by atomic mass is 10.1. The number of rotatable bonds is 2. The van der Waals surface area contributed by atoms with Crippen LogP contribution >= 0.6 is 22.9 Å². The Bertz CT molecular complexity index is 1100. The highest BCUT2D eigenvalue weighted by Gasteiger charge is 2.46. The van der Waals surface area contributed by atoms with Crippen LogP contribution in [-0.4, -0.2) is 36.6 Å². The molecule has 3 aromatic rings. The third-order valence-electron chi connectivity index (χ3n) is 5.40. The molecule has 2 aromatic heterocycles. The number of carbonyl (C=O) groups excluding carboxylic acids is 1. The van der Waals surface area contributed by atoms with Crippen molar-refractivity contribution in [3.8, 4) is 11.5 Å². The van der Waals surface area contributed by atoms with Crippen LogP contribution in [0.1, 0.15) is 40.6 Å². The largest absolute Gasteiger partial charge is 0.417 e. The summed E-state index contributed by atoms with van der Waals surface area (Å²) < 4.78 is 41.5. The van der Waals surface area contributed by atoms with Crippen LogP contribution in [0.25, 0.3) is 11.5 Å². The van der Waals surface area contributed by atoms with Gasteiger partial charge in [-0.25, -0.2) is 4.98 Å². The van der Waals surface area contributed by atoms with Crippen molar-refractivity contribution in [2.24, 2.45) is 0 Å². The van der Waals surface area contributed by atoms with Crippen LogP contribution in [-0.2, 0) is 12.7 Å². The van der Waals surface area contributed by atoms with Crippen LogP contribution in [0.2, 0.25) is 5.02 Å². The van der Waals surface area contributed by atoms with Gasteiger partial charge in [0.15, 0.2) is 11.6 Å². The van der Waals surface area contributed by atoms with E-state index in [4.69, 9.17) is 11.6 Å². The number of halogens is 4. The summed E-state index contributed by atoms with van der Waals surface area (Å²) in [6.45, 7) is 0.466. The molecule has 2 aliphatic heterocycles. The summed E-state index contributed by atoms with van der Waals surface area (Å²) in [6.07, 6.45) is -3.23. The topological polar surface area (TPSA) is 63.9 Å². The van der Waals surface area contributed by atoms with E-state index in [1.807, 2.05) is 9.95 Å². The number of nitrogens with zero attached hydrogens (tertiary/aromatic N) is 5. The molecule has 1 amide bonds. The second-order valence-corrected chi connectivity index (χ2v) is 8.09. The zero-order chi connectivity index (χ0) is 20.3. The molecule has 6 nitrogen and oxygen atoms in total. The summed E-state index contributed by atoms with van der Waals surface area (Å²) in [7, 11) is 0. The van der Waals surface area contributed by atoms with Gasteiger partial charge in [-0.3, -0.25) is 4.79 Å². The summed E-state index contributed by atoms with van der Waals surface area (Å²) in [5.41, 5.74) is 1.27. The van der Waals surface area contributed by atoms with Crippen molar-refractivity contribution in [1.82, 2.24) is 24.6 Å². The van der Waals surface area contributed by atoms with Crippen molar-refractivity contribution in [2.75, 3.05) is 0 Å². The average molecular weight is 440 g/mol. The van der Waals surface area contributed by atoms with Crippen molar-refractivity contribution in [3.63, 3.8) is 0 Å². The Morgan fingerprint density at radius 2 is 2.07 bits per heavy atom. The van der Waals surface area contributed by atoms with Gasteiger partial charge in [0, 0.05) is 11.9 Å². The van der Waals surface area contributed by atoms with E-state index in [0.717, 1.165) is 12.5 Å². The molecule has 1 saturated heterocycles. The summed E-state index contributed by atoms with van der Waals surface area (Å²) in [6, 6.07) is 2.89. The monoisotopic (exact) mass is 439 g/mol. The first-order valence-electron chi connectivity index (χ1n) is 8.86. The van der Waals surface area contributed by atoms with E-state index in [0.29, 0.717) is 30.3 Å². The van der Waals surface area contributed by atoms with E-state index in [2.05, 4.69) is 15.2 Å². The first-order valence-corrected chi connectivity index (χ1v) is 10.2. The van der Waals surface area contributed by atoms with Gasteiger partial charge in [0.25, 0.3) is 5.91 Å². The quantitative estimate of drug-likeness (QED) is 0.592. The summed E-state index contributed by atoms with van der Waals surface area (Å²) in [5.74, 6) is 0.749. The zero-order valence-corrected chi connectivity index (χ0v) is 16.3. The second kappa shape index (κ2) is 6.53. The number of thiazole rings is 1. The molecule has 150 valence electrons. The Labute approximate surface area is 171 Å². The zero-order valence-electron chi connectivity index (χ0n) is 14.7. The number of amides is 1. The third kappa shape index (κ3) is 2.84. The predicted molar refractivity (Wildman–Crippen MR) is 99.5 cm³/mol. The normalized spacial score (nSPS) is 20.8. The van der Waals surface area contributed by atoms with Gasteiger partial charge in [-0.15, -0.1) is 21.5 Å². The maximum atomic E-state index is 13.2. The molecule has 2 bridgehead atoms. The summed E-state index contributed by atoms with van der Waals surface area (Å²) >= 11 is 7.44. The lowest BCUT2D eigenvalue weighted by Gasteiger charge is -2.35. The van der Waals surface area contributed by atoms with E-state index in [9.17, 15) is 18.0 Å². The number of hydrogen-bond donors (Lipinski definition) is 0. The van der Waals surface area contributed by atoms with E-state index < -0.39 is 22.7 Å². The summed E-state index contributed by atoms with van der Waals surface area (Å²) in [5, 5.41) is 9.81. The van der Waals surface area contributed by atoms with Crippen molar-refractivity contribution in [3.05, 3.63) is 51.1 Å². The molecule has 11 heteroatoms. The van der Waals surface area contributed by atoms with Gasteiger partial charge in [0.05, 0.1) is 33.7 Å². The minimum Gasteiger partial charge on any atom is -0.324 e. The number of hydrogen-bond acceptors (Lipinski definition) is 5. The van der Waals surface area contributed by atoms with Crippen molar-refractivity contribution in [2.45, 2.75) is 37.6 Å². The molecule has 2 aliphatic rings. The van der Waals surface area contributed by atoms with E-state index in [-0.39, 0.29) is 17.6 Å². The SMILES string of the molecule is O=C(c1cccc(C(F)(F)F)c1Cl)N1[C@@H]2CC[C@@H]1c1nnc(-c3cscn3)n1C2. The first kappa shape index (κ1) is 18.6. The highest BCUT2D eigenvalue weighted by atomic mass is 35.5. The van der Waals surface area contributed by atoms with Gasteiger partial charge in [-0.1, -0.05) is 17.7 Å². The van der Waals surface area contributed by atoms with Crippen LogP contribution in [0.15, 0.2) is 29.1 Å². The van der Waals surface area contributed by atoms with E-state index in [1.54, 1.807) is 10.4 Å². The predicted octanol–water partition coefficient (Wildman–Crippen LogP) is 4.43. The van der Waals surface area contributed by atoms with Crippen LogP contribution in [0, 0.1) is 0 Å². The van der Waals surface area contributed by atoms with E-state index >= 15 is 0 Å². The molecule has 4 heterocycles. The van der Waals surface area contributed by atoms with Gasteiger partial charge in [-0.05, 0) is 25.0 Å². The molecule has 0 radical (unpaired) electrons. The highest BCUT2D eigenvalue weighted by Crippen LogP contribution is 2.44. The molecule has 0 unspecified atom stereocenters. The number of carbonyl (C=O) groups is 1. The van der Waals surface area contributed by atoms with Crippen LogP contribution in [0.4, 0.5) is 13.2 Å². The smallest absolute Gasteiger partial charge is 0.324 e. The molecular weight excluding hydrogens is 427 g/mol. The van der Waals surface area contributed by atoms with Crippen LogP contribution in [0.5, 0.6) is 0 Å². The molecule has 0 spiro atoms. The summed E-state index contributed by atoms with van der Waals surface area (Å²) in [4.78, 5) is 19.1. The lowest BCUT2D eigenvalue weighted by Crippen LogP contribution is -2.44. The Morgan fingerprint density at radius 3 is 2.79 bits per heavy atom. The third-order valence-corrected chi connectivity index (χ3v) is 6.40. The van der Waals surface area contributed by atoms with Gasteiger partial charge in [0.1, 0.15) is 5.69 Å². The molecule has 29 heavy (non-hydrogen) atoms. The Kier molecular flexibility index (Phi) is 4.18. The second-order valence-electron chi connectivity index (χ2n) is 6.99. The van der Waals surface area contributed by atoms with Gasteiger partial charge >= 0.3 is 6.18 Å². The molecule has 1 fully saturated rings. The van der Waals surface area contributed by atoms with E-state index in [1.165, 1.54) is 23.5 Å². The maximum absolute atomic E-state index is 13.2. The number of fused-ring (bicyclic) bond motifs is 4. The minimum absolute atomic E-state index is 0.147. The minimum atomic E-state index is -4.63. The average Bonchev–Trinajstić information content (AvgIpc) is 3.39. The first-order chi connectivity index (χ1) is 13.9. The Hall–Kier alpha value is -2.46. The number of aromatic nitrogens is 4. The molecule has 2 atom stereocenters. The van der Waals surface area contributed by atoms with Gasteiger partial charge < -0.3 is 9.47 Å². The van der Waals surface area contributed by atoms with Crippen LogP contribution < -0.4 is 0 Å². The number of benzene rings is 1. The standard InChI is InChI=1S/C18H13ClF3N5OS/c19-14-10(2-1-3-11(14)18(20,21)22)17(28)27-9-4-5-13(27)16-25-24-15(26(16)6-9)12-7-29-8-23-12/h1-3,7-9,13H,4-6H2/t9-,13-/m1/s1. The van der Waals surface area contributed by atoms with Crippen LogP contribution in [0.3, 0.4) is 0 Å². The molecule has 0 aliphatic carbocycles.